The molecule has 3 rings (SSSR count). The number of nitrogens with one attached hydrogen (secondary N) is 1. The number of piperidine rings is 1. The van der Waals surface area contributed by atoms with Crippen LogP contribution in [0.3, 0.4) is 0 Å². The van der Waals surface area contributed by atoms with E-state index in [0.29, 0.717) is 50.3 Å². The number of likely N-dealkylation sites (tertiary alicyclic amines) is 1. The first-order valence-electron chi connectivity index (χ1n) is 10.9. The van der Waals surface area contributed by atoms with Gasteiger partial charge in [0.05, 0.1) is 13.2 Å². The van der Waals surface area contributed by atoms with Crippen molar-refractivity contribution in [1.29, 1.82) is 0 Å². The number of aliphatic hydroxyl groups is 1. The molecule has 0 radical (unpaired) electrons. The third kappa shape index (κ3) is 6.19. The van der Waals surface area contributed by atoms with Crippen molar-refractivity contribution in [3.8, 4) is 5.75 Å². The van der Waals surface area contributed by atoms with E-state index in [2.05, 4.69) is 5.32 Å². The molecule has 8 heteroatoms. The van der Waals surface area contributed by atoms with Crippen molar-refractivity contribution >= 4 is 17.6 Å². The molecular weight excluding hydrogens is 403 g/mol. The van der Waals surface area contributed by atoms with Gasteiger partial charge in [-0.25, -0.2) is 9.18 Å². The molecule has 1 fully saturated rings. The maximum absolute atomic E-state index is 14.7. The Morgan fingerprint density at radius 3 is 2.61 bits per heavy atom. The Bertz CT molecular complexity index is 820. The van der Waals surface area contributed by atoms with Crippen molar-refractivity contribution in [2.75, 3.05) is 26.3 Å². The quantitative estimate of drug-likeness (QED) is 0.612. The lowest BCUT2D eigenvalue weighted by molar-refractivity contribution is -0.126. The van der Waals surface area contributed by atoms with Gasteiger partial charge in [-0.3, -0.25) is 4.79 Å². The van der Waals surface area contributed by atoms with Crippen LogP contribution in [0.15, 0.2) is 24.3 Å². The van der Waals surface area contributed by atoms with Crippen LogP contribution in [-0.2, 0) is 4.79 Å². The molecule has 3 N–H and O–H groups in total. The van der Waals surface area contributed by atoms with E-state index in [-0.39, 0.29) is 36.2 Å². The summed E-state index contributed by atoms with van der Waals surface area (Å²) in [6.45, 7) is 3.10. The minimum absolute atomic E-state index is 0.0738. The Hall–Kier alpha value is -2.61. The van der Waals surface area contributed by atoms with Crippen LogP contribution < -0.4 is 10.1 Å². The second-order valence-corrected chi connectivity index (χ2v) is 8.46. The number of amides is 2. The molecule has 2 atom stereocenters. The van der Waals surface area contributed by atoms with Gasteiger partial charge in [0.25, 0.3) is 0 Å². The lowest BCUT2D eigenvalue weighted by Crippen LogP contribution is -2.39. The van der Waals surface area contributed by atoms with Gasteiger partial charge in [-0.1, -0.05) is 6.08 Å². The SMILES string of the molecule is CC(CO)NC(=O)C1CC=C(c2ccc(OCC3CCN(C(=O)O)CC3)cc2F)CC1. The fourth-order valence-corrected chi connectivity index (χ4v) is 4.07. The maximum atomic E-state index is 14.7. The van der Waals surface area contributed by atoms with Gasteiger partial charge in [-0.15, -0.1) is 0 Å². The van der Waals surface area contributed by atoms with Gasteiger partial charge in [-0.2, -0.15) is 0 Å². The molecule has 1 aliphatic carbocycles. The molecule has 0 bridgehead atoms. The lowest BCUT2D eigenvalue weighted by Gasteiger charge is -2.29. The molecule has 7 nitrogen and oxygen atoms in total. The number of hydrogen-bond acceptors (Lipinski definition) is 4. The number of hydrogen-bond donors (Lipinski definition) is 3. The Morgan fingerprint density at radius 1 is 1.29 bits per heavy atom. The maximum Gasteiger partial charge on any atom is 0.407 e. The summed E-state index contributed by atoms with van der Waals surface area (Å²) >= 11 is 0. The van der Waals surface area contributed by atoms with Gasteiger partial charge in [0, 0.05) is 36.7 Å². The van der Waals surface area contributed by atoms with E-state index in [4.69, 9.17) is 14.9 Å². The fourth-order valence-electron chi connectivity index (χ4n) is 4.07. The molecule has 1 aromatic carbocycles. The second-order valence-electron chi connectivity index (χ2n) is 8.46. The van der Waals surface area contributed by atoms with E-state index in [0.717, 1.165) is 18.4 Å². The molecule has 0 spiro atoms. The number of carboxylic acid groups (broad SMARTS) is 1. The van der Waals surface area contributed by atoms with Crippen LogP contribution in [0.2, 0.25) is 0 Å². The van der Waals surface area contributed by atoms with Gasteiger partial charge in [-0.05, 0) is 62.7 Å². The highest BCUT2D eigenvalue weighted by Crippen LogP contribution is 2.33. The van der Waals surface area contributed by atoms with Crippen molar-refractivity contribution in [2.45, 2.75) is 45.1 Å². The number of ether oxygens (including phenoxy) is 1. The average molecular weight is 435 g/mol. The lowest BCUT2D eigenvalue weighted by atomic mass is 9.86. The van der Waals surface area contributed by atoms with E-state index in [1.807, 2.05) is 6.08 Å². The normalized spacial score (nSPS) is 20.7. The molecule has 2 aliphatic rings. The molecule has 31 heavy (non-hydrogen) atoms. The molecular formula is C23H31FN2O5. The summed E-state index contributed by atoms with van der Waals surface area (Å²) in [5.41, 5.74) is 1.43. The zero-order chi connectivity index (χ0) is 22.4. The smallest absolute Gasteiger partial charge is 0.407 e. The fraction of sp³-hybridized carbons (Fsp3) is 0.565. The minimum Gasteiger partial charge on any atom is -0.493 e. The second kappa shape index (κ2) is 10.6. The molecule has 1 aliphatic heterocycles. The predicted molar refractivity (Wildman–Crippen MR) is 114 cm³/mol. The summed E-state index contributed by atoms with van der Waals surface area (Å²) < 4.78 is 20.5. The number of halogens is 1. The van der Waals surface area contributed by atoms with Crippen LogP contribution in [0.1, 0.15) is 44.6 Å². The molecule has 1 saturated heterocycles. The zero-order valence-corrected chi connectivity index (χ0v) is 17.8. The van der Waals surface area contributed by atoms with Crippen LogP contribution in [0.25, 0.3) is 5.57 Å². The largest absolute Gasteiger partial charge is 0.493 e. The van der Waals surface area contributed by atoms with E-state index in [1.165, 1.54) is 11.0 Å². The molecule has 2 unspecified atom stereocenters. The number of allylic oxidation sites excluding steroid dienone is 2. The monoisotopic (exact) mass is 434 g/mol. The number of aliphatic hydroxyl groups excluding tert-OH is 1. The summed E-state index contributed by atoms with van der Waals surface area (Å²) in [7, 11) is 0. The number of nitrogens with zero attached hydrogens (tertiary/aromatic N) is 1. The Labute approximate surface area is 181 Å². The Kier molecular flexibility index (Phi) is 7.90. The molecule has 170 valence electrons. The van der Waals surface area contributed by atoms with Crippen LogP contribution in [0, 0.1) is 17.7 Å². The number of benzene rings is 1. The summed E-state index contributed by atoms with van der Waals surface area (Å²) in [4.78, 5) is 24.6. The molecule has 2 amide bonds. The number of carbonyl (C=O) groups excluding carboxylic acids is 1. The van der Waals surface area contributed by atoms with Crippen molar-refractivity contribution in [3.63, 3.8) is 0 Å². The highest BCUT2D eigenvalue weighted by atomic mass is 19.1. The van der Waals surface area contributed by atoms with Crippen LogP contribution >= 0.6 is 0 Å². The van der Waals surface area contributed by atoms with Gasteiger partial charge in [0.2, 0.25) is 5.91 Å². The third-order valence-corrected chi connectivity index (χ3v) is 6.10. The molecule has 0 aromatic heterocycles. The van der Waals surface area contributed by atoms with E-state index >= 15 is 0 Å². The highest BCUT2D eigenvalue weighted by Gasteiger charge is 2.25. The number of rotatable bonds is 7. The zero-order valence-electron chi connectivity index (χ0n) is 17.8. The first kappa shape index (κ1) is 23.1. The number of carbonyl (C=O) groups is 2. The Balaban J connectivity index is 1.52. The van der Waals surface area contributed by atoms with Gasteiger partial charge < -0.3 is 25.2 Å². The summed E-state index contributed by atoms with van der Waals surface area (Å²) in [6.07, 6.45) is 4.32. The summed E-state index contributed by atoms with van der Waals surface area (Å²) in [6, 6.07) is 4.60. The molecule has 1 heterocycles. The van der Waals surface area contributed by atoms with Gasteiger partial charge >= 0.3 is 6.09 Å². The van der Waals surface area contributed by atoms with Crippen LogP contribution in [0.5, 0.6) is 5.75 Å². The summed E-state index contributed by atoms with van der Waals surface area (Å²) in [5, 5.41) is 20.9. The van der Waals surface area contributed by atoms with Crippen molar-refractivity contribution < 1.29 is 28.9 Å². The van der Waals surface area contributed by atoms with Crippen molar-refractivity contribution in [1.82, 2.24) is 10.2 Å². The topological polar surface area (TPSA) is 99.1 Å². The van der Waals surface area contributed by atoms with E-state index < -0.39 is 6.09 Å². The van der Waals surface area contributed by atoms with Gasteiger partial charge in [0.1, 0.15) is 11.6 Å². The van der Waals surface area contributed by atoms with E-state index in [1.54, 1.807) is 19.1 Å². The highest BCUT2D eigenvalue weighted by molar-refractivity contribution is 5.81. The standard InChI is InChI=1S/C23H31FN2O5/c1-15(13-27)25-22(28)18-4-2-17(3-5-18)20-7-6-19(12-21(20)24)31-14-16-8-10-26(11-9-16)23(29)30/h2,6-7,12,15-16,18,27H,3-5,8-11,13-14H2,1H3,(H,25,28)(H,29,30). The van der Waals surface area contributed by atoms with E-state index in [9.17, 15) is 14.0 Å². The van der Waals surface area contributed by atoms with Crippen LogP contribution in [0.4, 0.5) is 9.18 Å². The molecule has 0 saturated carbocycles. The van der Waals surface area contributed by atoms with Gasteiger partial charge in [0.15, 0.2) is 0 Å². The average Bonchev–Trinajstić information content (AvgIpc) is 2.78. The summed E-state index contributed by atoms with van der Waals surface area (Å²) in [5.74, 6) is 0.150. The molecule has 1 aromatic rings. The predicted octanol–water partition coefficient (Wildman–Crippen LogP) is 3.28. The minimum atomic E-state index is -0.888. The third-order valence-electron chi connectivity index (χ3n) is 6.10. The van der Waals surface area contributed by atoms with Crippen LogP contribution in [-0.4, -0.2) is 59.5 Å². The first-order chi connectivity index (χ1) is 14.9. The van der Waals surface area contributed by atoms with Crippen molar-refractivity contribution in [2.24, 2.45) is 11.8 Å². The van der Waals surface area contributed by atoms with Crippen molar-refractivity contribution in [3.05, 3.63) is 35.7 Å². The first-order valence-corrected chi connectivity index (χ1v) is 10.9. The Morgan fingerprint density at radius 2 is 2.03 bits per heavy atom.